The van der Waals surface area contributed by atoms with Gasteiger partial charge in [-0.3, -0.25) is 4.98 Å². The van der Waals surface area contributed by atoms with Gasteiger partial charge in [-0.2, -0.15) is 0 Å². The van der Waals surface area contributed by atoms with E-state index in [2.05, 4.69) is 15.3 Å². The Hall–Kier alpha value is -2.89. The zero-order valence-electron chi connectivity index (χ0n) is 16.0. The van der Waals surface area contributed by atoms with Gasteiger partial charge in [0.05, 0.1) is 11.1 Å². The van der Waals surface area contributed by atoms with Crippen molar-refractivity contribution < 1.29 is 9.50 Å². The highest BCUT2D eigenvalue weighted by atomic mass is 35.5. The molecule has 0 saturated heterocycles. The van der Waals surface area contributed by atoms with E-state index in [1.54, 1.807) is 30.6 Å². The molecule has 0 spiro atoms. The van der Waals surface area contributed by atoms with Gasteiger partial charge in [-0.25, -0.2) is 9.37 Å². The maximum absolute atomic E-state index is 13.5. The van der Waals surface area contributed by atoms with Crippen LogP contribution >= 0.6 is 23.2 Å². The number of phenolic OH excluding ortho intramolecular Hbond substituents is 1. The second-order valence-electron chi connectivity index (χ2n) is 6.96. The predicted molar refractivity (Wildman–Crippen MR) is 119 cm³/mol. The fourth-order valence-electron chi connectivity index (χ4n) is 3.36. The van der Waals surface area contributed by atoms with Gasteiger partial charge >= 0.3 is 0 Å². The lowest BCUT2D eigenvalue weighted by molar-refractivity contribution is 0.471. The Bertz CT molecular complexity index is 1230. The molecule has 1 atom stereocenters. The van der Waals surface area contributed by atoms with E-state index >= 15 is 0 Å². The van der Waals surface area contributed by atoms with E-state index in [9.17, 15) is 9.50 Å². The lowest BCUT2D eigenvalue weighted by Gasteiger charge is -2.23. The number of nitrogens with one attached hydrogen (secondary N) is 1. The van der Waals surface area contributed by atoms with Crippen LogP contribution in [0.4, 0.5) is 10.2 Å². The maximum Gasteiger partial charge on any atom is 0.147 e. The average molecular weight is 442 g/mol. The van der Waals surface area contributed by atoms with Crippen molar-refractivity contribution in [1.82, 2.24) is 9.97 Å². The first-order valence-corrected chi connectivity index (χ1v) is 10.0. The Morgan fingerprint density at radius 2 is 1.90 bits per heavy atom. The highest BCUT2D eigenvalue weighted by Crippen LogP contribution is 2.37. The van der Waals surface area contributed by atoms with Crippen molar-refractivity contribution in [1.29, 1.82) is 0 Å². The first-order chi connectivity index (χ1) is 14.5. The van der Waals surface area contributed by atoms with E-state index in [4.69, 9.17) is 23.2 Å². The van der Waals surface area contributed by atoms with Gasteiger partial charge in [-0.1, -0.05) is 47.5 Å². The molecule has 4 rings (SSSR count). The highest BCUT2D eigenvalue weighted by Gasteiger charge is 2.21. The van der Waals surface area contributed by atoms with Crippen molar-refractivity contribution in [2.45, 2.75) is 19.6 Å². The van der Waals surface area contributed by atoms with Crippen LogP contribution in [0.2, 0.25) is 10.0 Å². The highest BCUT2D eigenvalue weighted by molar-refractivity contribution is 6.31. The number of aromatic nitrogens is 2. The second-order valence-corrected chi connectivity index (χ2v) is 7.77. The van der Waals surface area contributed by atoms with Gasteiger partial charge in [0.25, 0.3) is 0 Å². The Kier molecular flexibility index (Phi) is 5.75. The fraction of sp³-hybridized carbons (Fsp3) is 0.130. The first kappa shape index (κ1) is 20.4. The molecule has 2 heterocycles. The van der Waals surface area contributed by atoms with Crippen LogP contribution in [-0.2, 0) is 6.67 Å². The molecule has 7 heteroatoms. The molecule has 4 aromatic rings. The smallest absolute Gasteiger partial charge is 0.147 e. The number of rotatable bonds is 5. The number of pyridine rings is 2. The number of hydrogen-bond acceptors (Lipinski definition) is 4. The van der Waals surface area contributed by atoms with E-state index in [0.29, 0.717) is 32.5 Å². The van der Waals surface area contributed by atoms with E-state index in [-0.39, 0.29) is 5.75 Å². The van der Waals surface area contributed by atoms with Crippen LogP contribution in [0.1, 0.15) is 28.3 Å². The molecule has 2 aromatic carbocycles. The number of aromatic hydroxyl groups is 1. The van der Waals surface area contributed by atoms with Gasteiger partial charge in [0, 0.05) is 33.9 Å². The van der Waals surface area contributed by atoms with E-state index in [0.717, 1.165) is 16.5 Å². The zero-order chi connectivity index (χ0) is 21.3. The number of hydrogen-bond donors (Lipinski definition) is 2. The summed E-state index contributed by atoms with van der Waals surface area (Å²) in [7, 11) is 0. The molecule has 0 aliphatic rings. The predicted octanol–water partition coefficient (Wildman–Crippen LogP) is 6.62. The quantitative estimate of drug-likeness (QED) is 0.365. The summed E-state index contributed by atoms with van der Waals surface area (Å²) in [5.74, 6) is 0.618. The number of halogens is 3. The summed E-state index contributed by atoms with van der Waals surface area (Å²) in [5, 5.41) is 16.1. The maximum atomic E-state index is 13.5. The zero-order valence-corrected chi connectivity index (χ0v) is 17.5. The minimum absolute atomic E-state index is 0.0491. The monoisotopic (exact) mass is 441 g/mol. The average Bonchev–Trinajstić information content (AvgIpc) is 2.76. The van der Waals surface area contributed by atoms with Gasteiger partial charge < -0.3 is 10.4 Å². The Morgan fingerprint density at radius 1 is 1.07 bits per heavy atom. The third kappa shape index (κ3) is 3.91. The molecule has 1 unspecified atom stereocenters. The van der Waals surface area contributed by atoms with Crippen molar-refractivity contribution in [3.05, 3.63) is 93.2 Å². The van der Waals surface area contributed by atoms with Crippen LogP contribution in [-0.4, -0.2) is 15.1 Å². The van der Waals surface area contributed by atoms with Crippen molar-refractivity contribution in [3.8, 4) is 5.75 Å². The summed E-state index contributed by atoms with van der Waals surface area (Å²) in [6.45, 7) is 1.19. The lowest BCUT2D eigenvalue weighted by atomic mass is 9.95. The molecule has 0 fully saturated rings. The SMILES string of the molecule is Cc1cc(NC(c2ccc(Cl)c(CF)c2)c2ccc3cccnc3c2O)ncc1Cl. The third-order valence-electron chi connectivity index (χ3n) is 4.98. The molecule has 0 bridgehead atoms. The molecule has 0 aliphatic carbocycles. The summed E-state index contributed by atoms with van der Waals surface area (Å²) in [6.07, 6.45) is 3.19. The minimum atomic E-state index is -0.692. The number of alkyl halides is 1. The number of aryl methyl sites for hydroxylation is 1. The molecule has 0 saturated carbocycles. The van der Waals surface area contributed by atoms with Crippen molar-refractivity contribution in [2.75, 3.05) is 5.32 Å². The summed E-state index contributed by atoms with van der Waals surface area (Å²) in [5.41, 5.74) is 3.04. The molecule has 4 nitrogen and oxygen atoms in total. The third-order valence-corrected chi connectivity index (χ3v) is 5.74. The first-order valence-electron chi connectivity index (χ1n) is 9.27. The number of fused-ring (bicyclic) bond motifs is 1. The number of nitrogens with zero attached hydrogens (tertiary/aromatic N) is 2. The molecule has 0 amide bonds. The minimum Gasteiger partial charge on any atom is -0.505 e. The molecule has 0 aliphatic heterocycles. The van der Waals surface area contributed by atoms with Crippen molar-refractivity contribution >= 4 is 39.9 Å². The van der Waals surface area contributed by atoms with Crippen LogP contribution in [0.25, 0.3) is 10.9 Å². The van der Waals surface area contributed by atoms with Crippen LogP contribution in [0.3, 0.4) is 0 Å². The van der Waals surface area contributed by atoms with E-state index < -0.39 is 12.7 Å². The lowest BCUT2D eigenvalue weighted by Crippen LogP contribution is -2.14. The van der Waals surface area contributed by atoms with Crippen molar-refractivity contribution in [3.63, 3.8) is 0 Å². The van der Waals surface area contributed by atoms with Crippen LogP contribution in [0.15, 0.2) is 60.9 Å². The summed E-state index contributed by atoms with van der Waals surface area (Å²) in [6, 6.07) is 13.8. The van der Waals surface area contributed by atoms with Crippen LogP contribution in [0, 0.1) is 6.92 Å². The Morgan fingerprint density at radius 3 is 2.67 bits per heavy atom. The second kappa shape index (κ2) is 8.46. The molecule has 0 radical (unpaired) electrons. The summed E-state index contributed by atoms with van der Waals surface area (Å²) < 4.78 is 13.5. The molecular weight excluding hydrogens is 424 g/mol. The Labute approximate surface area is 183 Å². The van der Waals surface area contributed by atoms with E-state index in [1.165, 1.54) is 0 Å². The van der Waals surface area contributed by atoms with Gasteiger partial charge in [0.2, 0.25) is 0 Å². The molecular formula is C23H18Cl2FN3O. The molecule has 2 N–H and O–H groups in total. The largest absolute Gasteiger partial charge is 0.505 e. The van der Waals surface area contributed by atoms with Gasteiger partial charge in [0.15, 0.2) is 0 Å². The van der Waals surface area contributed by atoms with Crippen LogP contribution < -0.4 is 5.32 Å². The van der Waals surface area contributed by atoms with Gasteiger partial charge in [0.1, 0.15) is 23.8 Å². The van der Waals surface area contributed by atoms with Gasteiger partial charge in [-0.15, -0.1) is 0 Å². The number of phenols is 1. The standard InChI is InChI=1S/C23H18Cl2FN3O/c1-13-9-20(28-12-19(13)25)29-21(15-5-7-18(24)16(10-15)11-26)17-6-4-14-3-2-8-27-22(14)23(17)30/h2-10,12,21,30H,11H2,1H3,(H,28,29). The topological polar surface area (TPSA) is 58.0 Å². The summed E-state index contributed by atoms with van der Waals surface area (Å²) >= 11 is 12.2. The number of benzene rings is 2. The van der Waals surface area contributed by atoms with E-state index in [1.807, 2.05) is 37.3 Å². The molecule has 2 aromatic heterocycles. The molecule has 152 valence electrons. The number of anilines is 1. The van der Waals surface area contributed by atoms with Gasteiger partial charge in [-0.05, 0) is 42.3 Å². The van der Waals surface area contributed by atoms with Crippen molar-refractivity contribution in [2.24, 2.45) is 0 Å². The molecule has 30 heavy (non-hydrogen) atoms. The fourth-order valence-corrected chi connectivity index (χ4v) is 3.63. The van der Waals surface area contributed by atoms with Crippen LogP contribution in [0.5, 0.6) is 5.75 Å². The Balaban J connectivity index is 1.87. The summed E-state index contributed by atoms with van der Waals surface area (Å²) in [4.78, 5) is 8.65. The normalized spacial score (nSPS) is 12.1.